The second-order valence-corrected chi connectivity index (χ2v) is 18.3. The zero-order valence-corrected chi connectivity index (χ0v) is 45.0. The molecule has 12 rings (SSSR count). The van der Waals surface area contributed by atoms with Gasteiger partial charge in [-0.15, -0.1) is 34.0 Å². The van der Waals surface area contributed by atoms with E-state index in [2.05, 4.69) is 15.0 Å². The van der Waals surface area contributed by atoms with E-state index in [-0.39, 0.29) is 56.2 Å². The predicted molar refractivity (Wildman–Crippen MR) is 276 cm³/mol. The van der Waals surface area contributed by atoms with Crippen molar-refractivity contribution in [2.24, 2.45) is 0 Å². The molecule has 0 aliphatic heterocycles. The second kappa shape index (κ2) is 21.9. The first kappa shape index (κ1) is 47.8. The number of aromatic nitrogens is 3. The van der Waals surface area contributed by atoms with E-state index in [0.717, 1.165) is 95.7 Å². The van der Waals surface area contributed by atoms with Crippen molar-refractivity contribution in [3.05, 3.63) is 218 Å². The molecule has 0 spiro atoms. The van der Waals surface area contributed by atoms with Crippen molar-refractivity contribution in [3.63, 3.8) is 0 Å². The van der Waals surface area contributed by atoms with Crippen LogP contribution in [0.4, 0.5) is 0 Å². The van der Waals surface area contributed by atoms with Gasteiger partial charge in [0.2, 0.25) is 0 Å². The van der Waals surface area contributed by atoms with E-state index in [1.807, 2.05) is 200 Å². The molecule has 11 heteroatoms. The maximum Gasteiger partial charge on any atom is 0.128 e. The molecule has 0 saturated heterocycles. The summed E-state index contributed by atoms with van der Waals surface area (Å²) in [5.74, 6) is 0.793. The minimum atomic E-state index is 0. The number of rotatable bonds is 6. The third kappa shape index (κ3) is 10.7. The van der Waals surface area contributed by atoms with Gasteiger partial charge >= 0.3 is 0 Å². The molecular weight excluding hydrogens is 1000 g/mol. The molecule has 0 saturated carbocycles. The van der Waals surface area contributed by atoms with Gasteiger partial charge in [0.15, 0.2) is 0 Å². The van der Waals surface area contributed by atoms with Crippen molar-refractivity contribution in [2.75, 3.05) is 0 Å². The van der Waals surface area contributed by atoms with Crippen LogP contribution >= 0.6 is 34.0 Å². The third-order valence-electron chi connectivity index (χ3n) is 10.9. The fourth-order valence-corrected chi connectivity index (χ4v) is 10.5. The number of phenols is 3. The van der Waals surface area contributed by atoms with Gasteiger partial charge in [-0.2, -0.15) is 0 Å². The van der Waals surface area contributed by atoms with Gasteiger partial charge in [-0.3, -0.25) is 0 Å². The van der Waals surface area contributed by atoms with Crippen LogP contribution in [0.15, 0.2) is 218 Å². The molecule has 6 nitrogen and oxygen atoms in total. The fraction of sp³-hybridized carbons (Fsp3) is 0. The minimum Gasteiger partial charge on any atom is -0.507 e. The van der Waals surface area contributed by atoms with Crippen LogP contribution in [-0.4, -0.2) is 30.3 Å². The van der Waals surface area contributed by atoms with E-state index >= 15 is 0 Å². The molecule has 3 aromatic heterocycles. The summed E-state index contributed by atoms with van der Waals surface area (Å²) in [5, 5.41) is 33.7. The van der Waals surface area contributed by atoms with Gasteiger partial charge in [-0.25, -0.2) is 15.0 Å². The normalized spacial score (nSPS) is 10.6. The number of hydrogen-bond acceptors (Lipinski definition) is 9. The number of para-hydroxylation sites is 3. The van der Waals surface area contributed by atoms with Crippen LogP contribution in [0.1, 0.15) is 0 Å². The molecular formula is C57H39N3O3S3Zn2. The third-order valence-corrected chi connectivity index (χ3v) is 14.1. The molecule has 0 radical (unpaired) electrons. The molecule has 0 aliphatic rings. The Bertz CT molecular complexity index is 3120. The Balaban J connectivity index is 0.000000136. The number of hydrogen-bond donors (Lipinski definition) is 3. The van der Waals surface area contributed by atoms with E-state index in [0.29, 0.717) is 0 Å². The van der Waals surface area contributed by atoms with Crippen molar-refractivity contribution in [1.82, 2.24) is 15.0 Å². The van der Waals surface area contributed by atoms with Crippen molar-refractivity contribution < 1.29 is 54.3 Å². The zero-order chi connectivity index (χ0) is 44.8. The molecule has 12 aromatic rings. The quantitative estimate of drug-likeness (QED) is 0.144. The Morgan fingerprint density at radius 3 is 0.765 bits per heavy atom. The van der Waals surface area contributed by atoms with Crippen molar-refractivity contribution in [2.45, 2.75) is 0 Å². The number of phenolic OH excluding ortho intramolecular Hbond substituents is 3. The number of fused-ring (bicyclic) bond motifs is 3. The van der Waals surface area contributed by atoms with Crippen LogP contribution in [0.25, 0.3) is 95.7 Å². The van der Waals surface area contributed by atoms with E-state index in [1.54, 1.807) is 52.2 Å². The fourth-order valence-electron chi connectivity index (χ4n) is 7.53. The van der Waals surface area contributed by atoms with Crippen molar-refractivity contribution in [3.8, 4) is 82.3 Å². The first-order valence-corrected chi connectivity index (χ1v) is 23.6. The summed E-state index contributed by atoms with van der Waals surface area (Å²) in [6.45, 7) is 0. The Morgan fingerprint density at radius 2 is 0.515 bits per heavy atom. The zero-order valence-electron chi connectivity index (χ0n) is 36.6. The second-order valence-electron chi connectivity index (χ2n) is 15.3. The van der Waals surface area contributed by atoms with Gasteiger partial charge in [0.1, 0.15) is 32.3 Å². The van der Waals surface area contributed by atoms with Crippen LogP contribution in [0, 0.1) is 0 Å². The Labute approximate surface area is 431 Å². The maximum absolute atomic E-state index is 10.4. The molecule has 0 unspecified atom stereocenters. The minimum absolute atomic E-state index is 0. The van der Waals surface area contributed by atoms with E-state index in [4.69, 9.17) is 0 Å². The average Bonchev–Trinajstić information content (AvgIpc) is 4.12. The summed E-state index contributed by atoms with van der Waals surface area (Å²) in [5.41, 5.74) is 11.5. The first-order chi connectivity index (χ1) is 32.4. The molecule has 0 atom stereocenters. The largest absolute Gasteiger partial charge is 0.507 e. The molecule has 0 amide bonds. The topological polar surface area (TPSA) is 99.4 Å². The Morgan fingerprint density at radius 1 is 0.265 bits per heavy atom. The smallest absolute Gasteiger partial charge is 0.128 e. The molecule has 0 aliphatic carbocycles. The summed E-state index contributed by atoms with van der Waals surface area (Å²) < 4.78 is 3.39. The summed E-state index contributed by atoms with van der Waals surface area (Å²) in [7, 11) is 0. The summed E-state index contributed by atoms with van der Waals surface area (Å²) in [4.78, 5) is 13.8. The van der Waals surface area contributed by atoms with Crippen LogP contribution < -0.4 is 0 Å². The first-order valence-electron chi connectivity index (χ1n) is 21.2. The van der Waals surface area contributed by atoms with Crippen LogP contribution in [0.5, 0.6) is 17.2 Å². The summed E-state index contributed by atoms with van der Waals surface area (Å²) in [6.07, 6.45) is 0. The predicted octanol–water partition coefficient (Wildman–Crippen LogP) is 16.0. The average molecular weight is 1040 g/mol. The van der Waals surface area contributed by atoms with Crippen LogP contribution in [-0.2, 0) is 39.0 Å². The van der Waals surface area contributed by atoms with Gasteiger partial charge < -0.3 is 15.3 Å². The van der Waals surface area contributed by atoms with Crippen molar-refractivity contribution >= 4 is 64.7 Å². The van der Waals surface area contributed by atoms with E-state index in [9.17, 15) is 15.3 Å². The molecule has 68 heavy (non-hydrogen) atoms. The molecule has 3 N–H and O–H groups in total. The molecule has 0 fully saturated rings. The molecule has 0 bridgehead atoms. The Kier molecular flexibility index (Phi) is 15.4. The number of aromatic hydroxyl groups is 3. The van der Waals surface area contributed by atoms with Crippen LogP contribution in [0.2, 0.25) is 0 Å². The number of thiazole rings is 3. The van der Waals surface area contributed by atoms with Gasteiger partial charge in [-0.05, 0) is 106 Å². The summed E-state index contributed by atoms with van der Waals surface area (Å²) in [6, 6.07) is 71.5. The van der Waals surface area contributed by atoms with Crippen molar-refractivity contribution in [1.29, 1.82) is 0 Å². The number of nitrogens with zero attached hydrogens (tertiary/aromatic N) is 3. The molecule has 3 heterocycles. The Hall–Kier alpha value is -6.70. The van der Waals surface area contributed by atoms with Crippen LogP contribution in [0.3, 0.4) is 0 Å². The molecule has 322 valence electrons. The summed E-state index contributed by atoms with van der Waals surface area (Å²) >= 11 is 4.79. The SMILES string of the molecule is Oc1cc(-c2ccccc2)ccc1-c1nc2ccccc2s1.Oc1cc(-c2ccccc2)ccc1-c1nc2ccccc2s1.Oc1cc(-c2ccccc2)ccc1-c1nc2ccccc2s1.[Zn].[Zn]. The van der Waals surface area contributed by atoms with Gasteiger partial charge in [0.25, 0.3) is 0 Å². The van der Waals surface area contributed by atoms with Gasteiger partial charge in [0, 0.05) is 39.0 Å². The van der Waals surface area contributed by atoms with Gasteiger partial charge in [0.05, 0.1) is 47.3 Å². The monoisotopic (exact) mass is 1040 g/mol. The number of benzene rings is 9. The standard InChI is InChI=1S/3C19H13NOS.2Zn/c3*21-17-12-14(13-6-2-1-3-7-13)10-11-15(17)19-20-16-8-4-5-9-18(16)22-19;;/h3*1-12,21H;;. The van der Waals surface area contributed by atoms with E-state index < -0.39 is 0 Å². The molecule has 9 aromatic carbocycles. The maximum atomic E-state index is 10.4. The van der Waals surface area contributed by atoms with E-state index in [1.165, 1.54) is 0 Å². The van der Waals surface area contributed by atoms with Gasteiger partial charge in [-0.1, -0.05) is 146 Å².